The Labute approximate surface area is 218 Å². The van der Waals surface area contributed by atoms with Crippen molar-refractivity contribution >= 4 is 29.0 Å². The third kappa shape index (κ3) is 4.80. The Hall–Kier alpha value is -3.81. The van der Waals surface area contributed by atoms with Crippen molar-refractivity contribution in [2.24, 2.45) is 0 Å². The van der Waals surface area contributed by atoms with E-state index in [9.17, 15) is 9.59 Å². The predicted molar refractivity (Wildman–Crippen MR) is 142 cm³/mol. The molecule has 8 heteroatoms. The van der Waals surface area contributed by atoms with Crippen LogP contribution in [-0.2, 0) is 29.9 Å². The molecule has 4 rings (SSSR count). The van der Waals surface area contributed by atoms with Crippen molar-refractivity contribution in [3.8, 4) is 0 Å². The average molecular weight is 504 g/mol. The van der Waals surface area contributed by atoms with Gasteiger partial charge in [0.25, 0.3) is 0 Å². The average Bonchev–Trinajstić information content (AvgIpc) is 3.19. The zero-order valence-corrected chi connectivity index (χ0v) is 22.4. The van der Waals surface area contributed by atoms with Gasteiger partial charge in [-0.25, -0.2) is 4.79 Å². The smallest absolute Gasteiger partial charge is 0.372 e. The van der Waals surface area contributed by atoms with Gasteiger partial charge in [0.05, 0.1) is 30.0 Å². The number of esters is 2. The van der Waals surface area contributed by atoms with Crippen molar-refractivity contribution in [2.45, 2.75) is 52.4 Å². The molecule has 2 aromatic rings. The summed E-state index contributed by atoms with van der Waals surface area (Å²) in [6.07, 6.45) is 9.56. The second kappa shape index (κ2) is 10.3. The van der Waals surface area contributed by atoms with Crippen molar-refractivity contribution in [2.75, 3.05) is 31.2 Å². The Kier molecular flexibility index (Phi) is 7.30. The third-order valence-corrected chi connectivity index (χ3v) is 6.89. The van der Waals surface area contributed by atoms with Crippen LogP contribution in [0.1, 0.15) is 52.9 Å². The van der Waals surface area contributed by atoms with E-state index in [4.69, 9.17) is 9.47 Å². The zero-order valence-electron chi connectivity index (χ0n) is 22.4. The standard InChI is InChI=1S/C29H35N4O4/c1-7-36-24(34)18-32-20-12-10-16-30-26(20)28(3,4)22(32)14-9-15-23-29(5,6)27-21(13-11-17-31-27)33(23)19-25(35)37-8-2/h9-17H,7-8,18-19H2,1-6H3/q+1. The fourth-order valence-corrected chi connectivity index (χ4v) is 5.21. The van der Waals surface area contributed by atoms with Crippen molar-refractivity contribution < 1.29 is 23.6 Å². The Balaban J connectivity index is 1.76. The van der Waals surface area contributed by atoms with E-state index in [0.717, 1.165) is 34.2 Å². The maximum atomic E-state index is 12.5. The lowest BCUT2D eigenvalue weighted by Crippen LogP contribution is -2.32. The molecule has 0 bridgehead atoms. The molecule has 0 unspecified atom stereocenters. The summed E-state index contributed by atoms with van der Waals surface area (Å²) in [5.74, 6) is -0.586. The van der Waals surface area contributed by atoms with Gasteiger partial charge in [-0.2, -0.15) is 4.58 Å². The second-order valence-electron chi connectivity index (χ2n) is 10.1. The molecule has 0 saturated carbocycles. The number of anilines is 1. The Morgan fingerprint density at radius 1 is 0.946 bits per heavy atom. The van der Waals surface area contributed by atoms with Crippen LogP contribution in [0.25, 0.3) is 0 Å². The number of allylic oxidation sites excluding steroid dienone is 4. The molecule has 0 spiro atoms. The van der Waals surface area contributed by atoms with E-state index in [2.05, 4.69) is 37.7 Å². The molecule has 0 N–H and O–H groups in total. The van der Waals surface area contributed by atoms with Crippen LogP contribution >= 0.6 is 0 Å². The van der Waals surface area contributed by atoms with Gasteiger partial charge >= 0.3 is 11.9 Å². The first-order valence-electron chi connectivity index (χ1n) is 12.7. The van der Waals surface area contributed by atoms with E-state index >= 15 is 0 Å². The molecule has 194 valence electrons. The van der Waals surface area contributed by atoms with Gasteiger partial charge in [0, 0.05) is 35.6 Å². The van der Waals surface area contributed by atoms with E-state index in [-0.39, 0.29) is 25.0 Å². The minimum Gasteiger partial charge on any atom is -0.465 e. The summed E-state index contributed by atoms with van der Waals surface area (Å²) >= 11 is 0. The number of hydrogen-bond donors (Lipinski definition) is 0. The monoisotopic (exact) mass is 503 g/mol. The number of carbonyl (C=O) groups is 2. The van der Waals surface area contributed by atoms with Crippen molar-refractivity contribution in [3.05, 3.63) is 72.0 Å². The highest BCUT2D eigenvalue weighted by Crippen LogP contribution is 2.46. The van der Waals surface area contributed by atoms with Crippen molar-refractivity contribution in [1.29, 1.82) is 0 Å². The number of aromatic nitrogens is 2. The predicted octanol–water partition coefficient (Wildman–Crippen LogP) is 4.22. The molecule has 0 aliphatic carbocycles. The maximum absolute atomic E-state index is 12.5. The molecule has 0 fully saturated rings. The lowest BCUT2D eigenvalue weighted by atomic mass is 9.84. The van der Waals surface area contributed by atoms with E-state index in [1.165, 1.54) is 0 Å². The van der Waals surface area contributed by atoms with Crippen molar-refractivity contribution in [1.82, 2.24) is 9.97 Å². The number of pyridine rings is 2. The van der Waals surface area contributed by atoms with E-state index in [0.29, 0.717) is 13.2 Å². The van der Waals surface area contributed by atoms with Crippen LogP contribution in [0.15, 0.2) is 60.6 Å². The van der Waals surface area contributed by atoms with Crippen LogP contribution in [-0.4, -0.2) is 58.5 Å². The molecule has 0 radical (unpaired) electrons. The first kappa shape index (κ1) is 26.3. The van der Waals surface area contributed by atoms with Gasteiger partial charge in [0.2, 0.25) is 12.2 Å². The third-order valence-electron chi connectivity index (χ3n) is 6.89. The van der Waals surface area contributed by atoms with Crippen LogP contribution in [0.4, 0.5) is 11.4 Å². The fourth-order valence-electron chi connectivity index (χ4n) is 5.21. The highest BCUT2D eigenvalue weighted by Gasteiger charge is 2.47. The molecular weight excluding hydrogens is 468 g/mol. The van der Waals surface area contributed by atoms with Gasteiger partial charge in [-0.05, 0) is 65.8 Å². The summed E-state index contributed by atoms with van der Waals surface area (Å²) in [5, 5.41) is 0. The molecule has 2 aliphatic heterocycles. The minimum absolute atomic E-state index is 0.0993. The van der Waals surface area contributed by atoms with Crippen LogP contribution < -0.4 is 4.90 Å². The second-order valence-corrected chi connectivity index (χ2v) is 10.1. The number of carbonyl (C=O) groups excluding carboxylic acids is 2. The van der Waals surface area contributed by atoms with E-state index in [1.54, 1.807) is 26.2 Å². The van der Waals surface area contributed by atoms with Gasteiger partial charge < -0.3 is 14.4 Å². The number of rotatable bonds is 8. The van der Waals surface area contributed by atoms with Gasteiger partial charge in [-0.3, -0.25) is 14.8 Å². The first-order valence-corrected chi connectivity index (χ1v) is 12.7. The normalized spacial score (nSPS) is 18.3. The molecule has 37 heavy (non-hydrogen) atoms. The molecular formula is C29H35N4O4+. The lowest BCUT2D eigenvalue weighted by molar-refractivity contribution is -0.428. The van der Waals surface area contributed by atoms with Crippen LogP contribution in [0, 0.1) is 0 Å². The highest BCUT2D eigenvalue weighted by molar-refractivity contribution is 6.03. The number of nitrogens with zero attached hydrogens (tertiary/aromatic N) is 4. The molecule has 0 saturated heterocycles. The van der Waals surface area contributed by atoms with Gasteiger partial charge in [0.1, 0.15) is 12.2 Å². The summed E-state index contributed by atoms with van der Waals surface area (Å²) in [6.45, 7) is 12.9. The largest absolute Gasteiger partial charge is 0.465 e. The van der Waals surface area contributed by atoms with E-state index in [1.807, 2.05) is 52.0 Å². The van der Waals surface area contributed by atoms with Crippen LogP contribution in [0.3, 0.4) is 0 Å². The molecule has 2 aromatic heterocycles. The Morgan fingerprint density at radius 3 is 2.30 bits per heavy atom. The van der Waals surface area contributed by atoms with Gasteiger partial charge in [-0.1, -0.05) is 6.08 Å². The molecule has 4 heterocycles. The van der Waals surface area contributed by atoms with Crippen molar-refractivity contribution in [3.63, 3.8) is 0 Å². The quantitative estimate of drug-likeness (QED) is 0.394. The molecule has 0 aromatic carbocycles. The Bertz CT molecular complexity index is 1310. The summed E-state index contributed by atoms with van der Waals surface area (Å²) in [7, 11) is 0. The van der Waals surface area contributed by atoms with Crippen LogP contribution in [0.5, 0.6) is 0 Å². The molecule has 8 nitrogen and oxygen atoms in total. The van der Waals surface area contributed by atoms with Crippen LogP contribution in [0.2, 0.25) is 0 Å². The summed E-state index contributed by atoms with van der Waals surface area (Å²) in [4.78, 5) is 36.2. The lowest BCUT2D eigenvalue weighted by Gasteiger charge is -2.25. The maximum Gasteiger partial charge on any atom is 0.372 e. The SMILES string of the molecule is CCOC(=O)CN1C(=CC=CC2=[N+](CC(=O)OCC)c3cccnc3C2(C)C)C(C)(C)c2ncccc21. The van der Waals surface area contributed by atoms with Gasteiger partial charge in [-0.15, -0.1) is 0 Å². The molecule has 0 atom stereocenters. The molecule has 0 amide bonds. The summed E-state index contributed by atoms with van der Waals surface area (Å²) < 4.78 is 12.5. The first-order chi connectivity index (χ1) is 17.6. The van der Waals surface area contributed by atoms with Gasteiger partial charge in [0.15, 0.2) is 5.71 Å². The van der Waals surface area contributed by atoms with E-state index < -0.39 is 10.8 Å². The topological polar surface area (TPSA) is 84.6 Å². The summed E-state index contributed by atoms with van der Waals surface area (Å²) in [6, 6.07) is 7.71. The number of hydrogen-bond acceptors (Lipinski definition) is 7. The number of ether oxygens (including phenoxy) is 2. The molecule has 2 aliphatic rings. The zero-order chi connectivity index (χ0) is 26.8. The minimum atomic E-state index is -0.418. The fraction of sp³-hybridized carbons (Fsp3) is 0.414. The number of fused-ring (bicyclic) bond motifs is 2. The Morgan fingerprint density at radius 2 is 1.59 bits per heavy atom. The summed E-state index contributed by atoms with van der Waals surface area (Å²) in [5.41, 5.74) is 4.66. The highest BCUT2D eigenvalue weighted by atomic mass is 16.5.